The van der Waals surface area contributed by atoms with Gasteiger partial charge in [0.05, 0.1) is 12.7 Å². The Morgan fingerprint density at radius 1 is 1.40 bits per heavy atom. The first-order valence-corrected chi connectivity index (χ1v) is 6.63. The standard InChI is InChI=1S/C15H19N3O2/c1-3-13-8-18-14(20-13)9-17-7-12-5-4-11(15(16)19)6-10(12)2/h4-6,8,17H,3,7,9H2,1-2H3,(H2,16,19). The molecule has 0 radical (unpaired) electrons. The van der Waals surface area contributed by atoms with E-state index in [9.17, 15) is 4.79 Å². The first kappa shape index (κ1) is 14.3. The largest absolute Gasteiger partial charge is 0.444 e. The van der Waals surface area contributed by atoms with Crippen LogP contribution in [0, 0.1) is 6.92 Å². The van der Waals surface area contributed by atoms with E-state index in [2.05, 4.69) is 10.3 Å². The van der Waals surface area contributed by atoms with Crippen LogP contribution in [0.4, 0.5) is 0 Å². The minimum absolute atomic E-state index is 0.403. The van der Waals surface area contributed by atoms with Crippen LogP contribution in [0.1, 0.15) is 40.1 Å². The zero-order valence-electron chi connectivity index (χ0n) is 11.8. The van der Waals surface area contributed by atoms with Gasteiger partial charge in [0, 0.05) is 18.5 Å². The summed E-state index contributed by atoms with van der Waals surface area (Å²) in [6.07, 6.45) is 2.60. The molecule has 1 amide bonds. The van der Waals surface area contributed by atoms with Crippen molar-refractivity contribution in [3.8, 4) is 0 Å². The van der Waals surface area contributed by atoms with E-state index in [-0.39, 0.29) is 0 Å². The molecule has 0 atom stereocenters. The molecule has 1 heterocycles. The fourth-order valence-electron chi connectivity index (χ4n) is 1.94. The highest BCUT2D eigenvalue weighted by molar-refractivity contribution is 5.93. The topological polar surface area (TPSA) is 81.1 Å². The molecule has 0 fully saturated rings. The maximum atomic E-state index is 11.1. The van der Waals surface area contributed by atoms with Crippen LogP contribution in [-0.4, -0.2) is 10.9 Å². The number of hydrogen-bond donors (Lipinski definition) is 2. The zero-order chi connectivity index (χ0) is 14.5. The number of nitrogens with zero attached hydrogens (tertiary/aromatic N) is 1. The van der Waals surface area contributed by atoms with Crippen LogP contribution in [0.25, 0.3) is 0 Å². The van der Waals surface area contributed by atoms with E-state index in [1.54, 1.807) is 18.3 Å². The Balaban J connectivity index is 1.92. The van der Waals surface area contributed by atoms with Crippen molar-refractivity contribution < 1.29 is 9.21 Å². The molecular formula is C15H19N3O2. The van der Waals surface area contributed by atoms with Crippen molar-refractivity contribution >= 4 is 5.91 Å². The van der Waals surface area contributed by atoms with E-state index in [0.29, 0.717) is 24.5 Å². The van der Waals surface area contributed by atoms with E-state index in [0.717, 1.165) is 23.3 Å². The van der Waals surface area contributed by atoms with Gasteiger partial charge >= 0.3 is 0 Å². The molecule has 106 valence electrons. The summed E-state index contributed by atoms with van der Waals surface area (Å²) in [6, 6.07) is 5.46. The van der Waals surface area contributed by atoms with Crippen molar-refractivity contribution in [1.29, 1.82) is 0 Å². The monoisotopic (exact) mass is 273 g/mol. The minimum atomic E-state index is -0.403. The predicted octanol–water partition coefficient (Wildman–Crippen LogP) is 1.93. The van der Waals surface area contributed by atoms with Gasteiger partial charge in [-0.2, -0.15) is 0 Å². The second kappa shape index (κ2) is 6.34. The van der Waals surface area contributed by atoms with Gasteiger partial charge in [-0.15, -0.1) is 0 Å². The van der Waals surface area contributed by atoms with E-state index >= 15 is 0 Å². The summed E-state index contributed by atoms with van der Waals surface area (Å²) in [5.41, 5.74) is 7.94. The van der Waals surface area contributed by atoms with Crippen LogP contribution < -0.4 is 11.1 Å². The molecule has 5 nitrogen and oxygen atoms in total. The molecular weight excluding hydrogens is 254 g/mol. The van der Waals surface area contributed by atoms with Crippen LogP contribution in [0.3, 0.4) is 0 Å². The Hall–Kier alpha value is -2.14. The molecule has 1 aromatic carbocycles. The molecule has 20 heavy (non-hydrogen) atoms. The fourth-order valence-corrected chi connectivity index (χ4v) is 1.94. The second-order valence-electron chi connectivity index (χ2n) is 4.68. The van der Waals surface area contributed by atoms with Crippen LogP contribution in [0.2, 0.25) is 0 Å². The summed E-state index contributed by atoms with van der Waals surface area (Å²) >= 11 is 0. The van der Waals surface area contributed by atoms with Gasteiger partial charge < -0.3 is 15.5 Å². The highest BCUT2D eigenvalue weighted by atomic mass is 16.4. The molecule has 0 saturated heterocycles. The van der Waals surface area contributed by atoms with Crippen molar-refractivity contribution in [2.24, 2.45) is 5.73 Å². The Labute approximate surface area is 118 Å². The average Bonchev–Trinajstić information content (AvgIpc) is 2.88. The van der Waals surface area contributed by atoms with Crippen molar-refractivity contribution in [2.45, 2.75) is 33.4 Å². The molecule has 1 aromatic heterocycles. The van der Waals surface area contributed by atoms with Gasteiger partial charge in [-0.25, -0.2) is 4.98 Å². The minimum Gasteiger partial charge on any atom is -0.444 e. The normalized spacial score (nSPS) is 10.7. The van der Waals surface area contributed by atoms with E-state index in [1.165, 1.54) is 0 Å². The number of nitrogens with two attached hydrogens (primary N) is 1. The lowest BCUT2D eigenvalue weighted by atomic mass is 10.0. The molecule has 0 unspecified atom stereocenters. The number of hydrogen-bond acceptors (Lipinski definition) is 4. The van der Waals surface area contributed by atoms with Gasteiger partial charge in [-0.3, -0.25) is 4.79 Å². The van der Waals surface area contributed by atoms with Gasteiger partial charge in [0.1, 0.15) is 5.76 Å². The van der Waals surface area contributed by atoms with Gasteiger partial charge in [0.15, 0.2) is 0 Å². The zero-order valence-corrected chi connectivity index (χ0v) is 11.8. The third-order valence-corrected chi connectivity index (χ3v) is 3.17. The number of oxazole rings is 1. The van der Waals surface area contributed by atoms with Crippen LogP contribution >= 0.6 is 0 Å². The number of amides is 1. The molecule has 5 heteroatoms. The molecule has 0 aliphatic carbocycles. The quantitative estimate of drug-likeness (QED) is 0.842. The smallest absolute Gasteiger partial charge is 0.248 e. The Bertz CT molecular complexity index is 605. The Morgan fingerprint density at radius 2 is 2.20 bits per heavy atom. The fraction of sp³-hybridized carbons (Fsp3) is 0.333. The third-order valence-electron chi connectivity index (χ3n) is 3.17. The van der Waals surface area contributed by atoms with Crippen molar-refractivity contribution in [1.82, 2.24) is 10.3 Å². The lowest BCUT2D eigenvalue weighted by molar-refractivity contribution is 0.1000. The summed E-state index contributed by atoms with van der Waals surface area (Å²) < 4.78 is 5.52. The van der Waals surface area contributed by atoms with Crippen molar-refractivity contribution in [3.05, 3.63) is 52.7 Å². The van der Waals surface area contributed by atoms with Crippen molar-refractivity contribution in [2.75, 3.05) is 0 Å². The lowest BCUT2D eigenvalue weighted by Gasteiger charge is -2.07. The first-order valence-electron chi connectivity index (χ1n) is 6.63. The number of benzene rings is 1. The average molecular weight is 273 g/mol. The highest BCUT2D eigenvalue weighted by Crippen LogP contribution is 2.11. The number of carbonyl (C=O) groups excluding carboxylic acids is 1. The molecule has 0 spiro atoms. The van der Waals surface area contributed by atoms with E-state index in [4.69, 9.17) is 10.2 Å². The van der Waals surface area contributed by atoms with Crippen LogP contribution in [0.15, 0.2) is 28.8 Å². The molecule has 0 saturated carbocycles. The maximum Gasteiger partial charge on any atom is 0.248 e. The summed E-state index contributed by atoms with van der Waals surface area (Å²) in [5, 5.41) is 3.27. The summed E-state index contributed by atoms with van der Waals surface area (Å²) in [4.78, 5) is 15.3. The Morgan fingerprint density at radius 3 is 2.80 bits per heavy atom. The Kier molecular flexibility index (Phi) is 4.53. The summed E-state index contributed by atoms with van der Waals surface area (Å²) in [7, 11) is 0. The lowest BCUT2D eigenvalue weighted by Crippen LogP contribution is -2.15. The number of rotatable bonds is 6. The number of nitrogens with one attached hydrogen (secondary N) is 1. The first-order chi connectivity index (χ1) is 9.60. The molecule has 3 N–H and O–H groups in total. The number of carbonyl (C=O) groups is 1. The third kappa shape index (κ3) is 3.45. The van der Waals surface area contributed by atoms with Gasteiger partial charge in [-0.1, -0.05) is 13.0 Å². The molecule has 0 bridgehead atoms. The van der Waals surface area contributed by atoms with Gasteiger partial charge in [0.25, 0.3) is 0 Å². The summed E-state index contributed by atoms with van der Waals surface area (Å²) in [6.45, 7) is 5.26. The highest BCUT2D eigenvalue weighted by Gasteiger charge is 2.05. The van der Waals surface area contributed by atoms with Gasteiger partial charge in [0.2, 0.25) is 11.8 Å². The molecule has 2 rings (SSSR count). The van der Waals surface area contributed by atoms with E-state index in [1.807, 2.05) is 19.9 Å². The molecule has 2 aromatic rings. The van der Waals surface area contributed by atoms with Gasteiger partial charge in [-0.05, 0) is 30.2 Å². The number of aryl methyl sites for hydroxylation is 2. The number of aromatic nitrogens is 1. The predicted molar refractivity (Wildman–Crippen MR) is 76.1 cm³/mol. The van der Waals surface area contributed by atoms with E-state index < -0.39 is 5.91 Å². The van der Waals surface area contributed by atoms with Crippen molar-refractivity contribution in [3.63, 3.8) is 0 Å². The SMILES string of the molecule is CCc1cnc(CNCc2ccc(C(N)=O)cc2C)o1. The van der Waals surface area contributed by atoms with Crippen LogP contribution in [-0.2, 0) is 19.5 Å². The molecule has 0 aliphatic rings. The number of primary amides is 1. The molecule has 0 aliphatic heterocycles. The maximum absolute atomic E-state index is 11.1. The summed E-state index contributed by atoms with van der Waals surface area (Å²) in [5.74, 6) is 1.18. The second-order valence-corrected chi connectivity index (χ2v) is 4.68. The van der Waals surface area contributed by atoms with Crippen LogP contribution in [0.5, 0.6) is 0 Å².